The maximum Gasteiger partial charge on any atom is 0.328 e. The summed E-state index contributed by atoms with van der Waals surface area (Å²) in [5.74, 6) is 0.532. The molecule has 2 atom stereocenters. The van der Waals surface area contributed by atoms with E-state index in [0.717, 1.165) is 30.2 Å². The van der Waals surface area contributed by atoms with Gasteiger partial charge in [-0.15, -0.1) is 0 Å². The molecule has 0 bridgehead atoms. The zero-order chi connectivity index (χ0) is 19.3. The Hall–Kier alpha value is -2.54. The van der Waals surface area contributed by atoms with E-state index in [4.69, 9.17) is 16.6 Å². The number of rotatable bonds is 4. The van der Waals surface area contributed by atoms with Crippen LogP contribution in [0.5, 0.6) is 0 Å². The van der Waals surface area contributed by atoms with E-state index in [2.05, 4.69) is 11.8 Å². The summed E-state index contributed by atoms with van der Waals surface area (Å²) in [5.41, 5.74) is 1.92. The molecule has 0 saturated carbocycles. The third-order valence-electron chi connectivity index (χ3n) is 5.20. The summed E-state index contributed by atoms with van der Waals surface area (Å²) >= 11 is 5.93. The predicted octanol–water partition coefficient (Wildman–Crippen LogP) is 2.69. The van der Waals surface area contributed by atoms with Crippen LogP contribution in [0.4, 0.5) is 4.79 Å². The Balaban J connectivity index is 1.63. The quantitative estimate of drug-likeness (QED) is 0.797. The summed E-state index contributed by atoms with van der Waals surface area (Å²) in [6.07, 6.45) is 2.44. The Bertz CT molecular complexity index is 850. The zero-order valence-corrected chi connectivity index (χ0v) is 16.3. The minimum absolute atomic E-state index is 0.215. The third-order valence-corrected chi connectivity index (χ3v) is 5.46. The number of hydrogen-bond acceptors (Lipinski definition) is 5. The van der Waals surface area contributed by atoms with Gasteiger partial charge in [-0.1, -0.05) is 30.7 Å². The average Bonchev–Trinajstić information content (AvgIpc) is 3.15. The van der Waals surface area contributed by atoms with Crippen LogP contribution < -0.4 is 0 Å². The molecule has 1 aromatic rings. The third kappa shape index (κ3) is 2.77. The van der Waals surface area contributed by atoms with Crippen LogP contribution in [0.1, 0.15) is 25.8 Å². The molecule has 3 heterocycles. The second-order valence-electron chi connectivity index (χ2n) is 7.06. The van der Waals surface area contributed by atoms with Crippen LogP contribution in [0.2, 0.25) is 5.02 Å². The number of carbonyl (C=O) groups is 2. The average molecular weight is 388 g/mol. The lowest BCUT2D eigenvalue weighted by Crippen LogP contribution is -2.63. The van der Waals surface area contributed by atoms with E-state index in [1.165, 1.54) is 4.90 Å². The van der Waals surface area contributed by atoms with Crippen molar-refractivity contribution in [2.45, 2.75) is 39.0 Å². The molecule has 0 spiro atoms. The van der Waals surface area contributed by atoms with Gasteiger partial charge in [0.15, 0.2) is 12.2 Å². The summed E-state index contributed by atoms with van der Waals surface area (Å²) < 4.78 is 0. The number of aliphatic imine (C=N–C) groups is 1. The Morgan fingerprint density at radius 1 is 1.15 bits per heavy atom. The van der Waals surface area contributed by atoms with Crippen LogP contribution in [0.15, 0.2) is 41.2 Å². The smallest absolute Gasteiger partial charge is 0.315 e. The van der Waals surface area contributed by atoms with Crippen molar-refractivity contribution in [1.82, 2.24) is 19.6 Å². The normalized spacial score (nSPS) is 24.3. The first-order valence-corrected chi connectivity index (χ1v) is 9.45. The first-order chi connectivity index (χ1) is 12.9. The SMILES string of the molecule is CCCN1C(C)=CN2C1=NC1C2C(=O)N(Cc2ccc(Cl)cc2)C(=O)N1C. The first kappa shape index (κ1) is 17.9. The van der Waals surface area contributed by atoms with Gasteiger partial charge in [0.2, 0.25) is 5.96 Å². The highest BCUT2D eigenvalue weighted by Gasteiger charge is 2.54. The summed E-state index contributed by atoms with van der Waals surface area (Å²) in [5, 5.41) is 0.620. The standard InChI is InChI=1S/C19H22ClN5O2/c1-4-9-23-12(2)10-24-15-16(21-18(23)24)22(3)19(27)25(17(15)26)11-13-5-7-14(20)8-6-13/h5-8,10,15-16H,4,9,11H2,1-3H3. The number of hydrogen-bond donors (Lipinski definition) is 0. The van der Waals surface area contributed by atoms with E-state index >= 15 is 0 Å². The number of imide groups is 1. The molecule has 4 rings (SSSR count). The van der Waals surface area contributed by atoms with Gasteiger partial charge < -0.3 is 14.7 Å². The van der Waals surface area contributed by atoms with Gasteiger partial charge in [0.05, 0.1) is 6.54 Å². The molecular formula is C19H22ClN5O2. The van der Waals surface area contributed by atoms with E-state index < -0.39 is 12.2 Å². The molecule has 7 nitrogen and oxygen atoms in total. The predicted molar refractivity (Wildman–Crippen MR) is 103 cm³/mol. The molecule has 0 radical (unpaired) electrons. The van der Waals surface area contributed by atoms with E-state index in [1.54, 1.807) is 24.1 Å². The highest BCUT2D eigenvalue weighted by atomic mass is 35.5. The second kappa shape index (κ2) is 6.56. The van der Waals surface area contributed by atoms with Gasteiger partial charge in [0.25, 0.3) is 5.91 Å². The Labute approximate surface area is 163 Å². The Morgan fingerprint density at radius 3 is 2.52 bits per heavy atom. The van der Waals surface area contributed by atoms with Crippen molar-refractivity contribution < 1.29 is 9.59 Å². The lowest BCUT2D eigenvalue weighted by molar-refractivity contribution is -0.137. The molecule has 0 aromatic heterocycles. The van der Waals surface area contributed by atoms with Gasteiger partial charge in [0, 0.05) is 30.5 Å². The Kier molecular flexibility index (Phi) is 4.34. The minimum Gasteiger partial charge on any atom is -0.315 e. The van der Waals surface area contributed by atoms with Crippen molar-refractivity contribution in [3.05, 3.63) is 46.7 Å². The molecule has 3 aliphatic rings. The maximum atomic E-state index is 13.2. The van der Waals surface area contributed by atoms with Gasteiger partial charge in [-0.3, -0.25) is 9.69 Å². The molecule has 0 aliphatic carbocycles. The number of nitrogens with zero attached hydrogens (tertiary/aromatic N) is 5. The van der Waals surface area contributed by atoms with E-state index in [0.29, 0.717) is 5.02 Å². The molecule has 27 heavy (non-hydrogen) atoms. The summed E-state index contributed by atoms with van der Waals surface area (Å²) in [4.78, 5) is 37.7. The van der Waals surface area contributed by atoms with Crippen LogP contribution in [-0.4, -0.2) is 63.3 Å². The van der Waals surface area contributed by atoms with Crippen molar-refractivity contribution in [3.8, 4) is 0 Å². The molecule has 1 aromatic carbocycles. The molecule has 1 saturated heterocycles. The second-order valence-corrected chi connectivity index (χ2v) is 7.50. The van der Waals surface area contributed by atoms with Crippen LogP contribution in [-0.2, 0) is 11.3 Å². The van der Waals surface area contributed by atoms with Gasteiger partial charge >= 0.3 is 6.03 Å². The van der Waals surface area contributed by atoms with Crippen molar-refractivity contribution >= 4 is 29.5 Å². The molecule has 142 valence electrons. The Morgan fingerprint density at radius 2 is 1.85 bits per heavy atom. The van der Waals surface area contributed by atoms with Gasteiger partial charge in [-0.2, -0.15) is 0 Å². The number of urea groups is 1. The van der Waals surface area contributed by atoms with Crippen molar-refractivity contribution in [2.24, 2.45) is 4.99 Å². The van der Waals surface area contributed by atoms with Gasteiger partial charge in [-0.25, -0.2) is 9.79 Å². The van der Waals surface area contributed by atoms with E-state index in [1.807, 2.05) is 30.2 Å². The van der Waals surface area contributed by atoms with Crippen molar-refractivity contribution in [1.29, 1.82) is 0 Å². The number of guanidine groups is 1. The number of allylic oxidation sites excluding steroid dienone is 1. The number of likely N-dealkylation sites (N-methyl/N-ethyl adjacent to an activating group) is 1. The van der Waals surface area contributed by atoms with Gasteiger partial charge in [-0.05, 0) is 31.0 Å². The topological polar surface area (TPSA) is 59.5 Å². The van der Waals surface area contributed by atoms with Crippen LogP contribution in [0, 0.1) is 0 Å². The molecule has 0 N–H and O–H groups in total. The highest BCUT2D eigenvalue weighted by Crippen LogP contribution is 2.34. The number of carbonyl (C=O) groups excluding carboxylic acids is 2. The summed E-state index contributed by atoms with van der Waals surface area (Å²) in [7, 11) is 1.70. The fraction of sp³-hybridized carbons (Fsp3) is 0.421. The molecule has 3 aliphatic heterocycles. The zero-order valence-electron chi connectivity index (χ0n) is 15.6. The van der Waals surface area contributed by atoms with Crippen LogP contribution in [0.3, 0.4) is 0 Å². The number of fused-ring (bicyclic) bond motifs is 3. The van der Waals surface area contributed by atoms with Crippen LogP contribution >= 0.6 is 11.6 Å². The molecule has 3 amide bonds. The molecule has 8 heteroatoms. The summed E-state index contributed by atoms with van der Waals surface area (Å²) in [6.45, 7) is 5.16. The fourth-order valence-electron chi connectivity index (χ4n) is 3.82. The van der Waals surface area contributed by atoms with Crippen LogP contribution in [0.25, 0.3) is 0 Å². The number of benzene rings is 1. The van der Waals surface area contributed by atoms with E-state index in [-0.39, 0.29) is 18.5 Å². The number of halogens is 1. The first-order valence-electron chi connectivity index (χ1n) is 9.07. The van der Waals surface area contributed by atoms with Gasteiger partial charge in [0.1, 0.15) is 0 Å². The van der Waals surface area contributed by atoms with E-state index in [9.17, 15) is 9.59 Å². The molecule has 2 unspecified atom stereocenters. The maximum absolute atomic E-state index is 13.2. The largest absolute Gasteiger partial charge is 0.328 e. The van der Waals surface area contributed by atoms with Crippen molar-refractivity contribution in [3.63, 3.8) is 0 Å². The fourth-order valence-corrected chi connectivity index (χ4v) is 3.95. The monoisotopic (exact) mass is 387 g/mol. The molecular weight excluding hydrogens is 366 g/mol. The number of amides is 3. The minimum atomic E-state index is -0.521. The highest BCUT2D eigenvalue weighted by molar-refractivity contribution is 6.30. The summed E-state index contributed by atoms with van der Waals surface area (Å²) in [6, 6.07) is 6.32. The lowest BCUT2D eigenvalue weighted by Gasteiger charge is -2.40. The lowest BCUT2D eigenvalue weighted by atomic mass is 10.1. The van der Waals surface area contributed by atoms with Crippen molar-refractivity contribution in [2.75, 3.05) is 13.6 Å². The molecule has 1 fully saturated rings.